The molecule has 0 unspecified atom stereocenters. The molecule has 0 N–H and O–H groups in total. The Morgan fingerprint density at radius 1 is 1.53 bits per heavy atom. The number of hydrogen-bond acceptors (Lipinski definition) is 4. The van der Waals surface area contributed by atoms with Gasteiger partial charge in [0.25, 0.3) is 0 Å². The van der Waals surface area contributed by atoms with E-state index >= 15 is 0 Å². The number of hydrogen-bond donors (Lipinski definition) is 0. The number of carbonyl (C=O) groups excluding carboxylic acids is 1. The summed E-state index contributed by atoms with van der Waals surface area (Å²) in [5.41, 5.74) is 0.477. The Morgan fingerprint density at radius 3 is 2.87 bits per heavy atom. The number of Topliss-reactive ketones (excluding diaryl/α,β-unsaturated/α-hetero) is 1. The molecular weight excluding hydrogens is 198 g/mol. The van der Waals surface area contributed by atoms with Crippen molar-refractivity contribution in [1.29, 1.82) is 0 Å². The number of rotatable bonds is 2. The summed E-state index contributed by atoms with van der Waals surface area (Å²) < 4.78 is 1.44. The molecule has 80 valence electrons. The van der Waals surface area contributed by atoms with Crippen molar-refractivity contribution in [1.82, 2.24) is 9.55 Å². The minimum atomic E-state index is -0.450. The molecule has 2 rings (SSSR count). The van der Waals surface area contributed by atoms with Gasteiger partial charge < -0.3 is 10.1 Å². The molecule has 0 spiro atoms. The minimum Gasteiger partial charge on any atom is -0.358 e. The predicted molar refractivity (Wildman–Crippen MR) is 51.6 cm³/mol. The first-order chi connectivity index (χ1) is 7.13. The van der Waals surface area contributed by atoms with Crippen molar-refractivity contribution >= 4 is 11.6 Å². The second kappa shape index (κ2) is 3.45. The summed E-state index contributed by atoms with van der Waals surface area (Å²) in [6.45, 7) is 1.92. The fraction of sp³-hybridized carbons (Fsp3) is 0.556. The molecule has 0 amide bonds. The summed E-state index contributed by atoms with van der Waals surface area (Å²) in [4.78, 5) is 25.8. The Labute approximate surface area is 86.1 Å². The summed E-state index contributed by atoms with van der Waals surface area (Å²) in [6.07, 6.45) is 1.47. The number of aromatic nitrogens is 2. The number of nitro groups is 1. The number of nitrogens with zero attached hydrogens (tertiary/aromatic N) is 3. The van der Waals surface area contributed by atoms with E-state index in [4.69, 9.17) is 0 Å². The molecule has 6 heteroatoms. The van der Waals surface area contributed by atoms with Gasteiger partial charge in [-0.3, -0.25) is 4.79 Å². The highest BCUT2D eigenvalue weighted by atomic mass is 16.6. The van der Waals surface area contributed by atoms with Crippen LogP contribution in [0.4, 0.5) is 5.82 Å². The number of carbonyl (C=O) groups is 1. The van der Waals surface area contributed by atoms with Gasteiger partial charge in [-0.2, -0.15) is 0 Å². The predicted octanol–water partition coefficient (Wildman–Crippen LogP) is 0.869. The zero-order chi connectivity index (χ0) is 11.0. The highest BCUT2D eigenvalue weighted by Crippen LogP contribution is 2.24. The molecule has 0 saturated carbocycles. The molecule has 0 saturated heterocycles. The van der Waals surface area contributed by atoms with Crippen LogP contribution in [0.25, 0.3) is 0 Å². The maximum Gasteiger partial charge on any atom is 0.346 e. The van der Waals surface area contributed by atoms with Crippen molar-refractivity contribution < 1.29 is 9.72 Å². The highest BCUT2D eigenvalue weighted by Gasteiger charge is 2.30. The normalized spacial score (nSPS) is 15.1. The van der Waals surface area contributed by atoms with Crippen LogP contribution < -0.4 is 0 Å². The third-order valence-corrected chi connectivity index (χ3v) is 2.56. The topological polar surface area (TPSA) is 78.0 Å². The first-order valence-corrected chi connectivity index (χ1v) is 4.87. The van der Waals surface area contributed by atoms with Crippen molar-refractivity contribution in [2.45, 2.75) is 32.7 Å². The second-order valence-corrected chi connectivity index (χ2v) is 3.53. The van der Waals surface area contributed by atoms with Gasteiger partial charge in [0.2, 0.25) is 0 Å². The Morgan fingerprint density at radius 2 is 2.27 bits per heavy atom. The van der Waals surface area contributed by atoms with Gasteiger partial charge in [-0.15, -0.1) is 0 Å². The number of fused-ring (bicyclic) bond motifs is 1. The van der Waals surface area contributed by atoms with Crippen molar-refractivity contribution in [2.24, 2.45) is 0 Å². The molecule has 1 aliphatic rings. The maximum atomic E-state index is 11.2. The summed E-state index contributed by atoms with van der Waals surface area (Å²) in [6, 6.07) is 0. The molecule has 1 aliphatic heterocycles. The lowest BCUT2D eigenvalue weighted by atomic mass is 10.1. The van der Waals surface area contributed by atoms with E-state index < -0.39 is 4.92 Å². The monoisotopic (exact) mass is 209 g/mol. The van der Waals surface area contributed by atoms with Gasteiger partial charge in [-0.05, 0) is 11.3 Å². The van der Waals surface area contributed by atoms with Gasteiger partial charge in [-0.1, -0.05) is 6.92 Å². The zero-order valence-electron chi connectivity index (χ0n) is 8.39. The average Bonchev–Trinajstić information content (AvgIpc) is 2.55. The first-order valence-electron chi connectivity index (χ1n) is 4.87. The Balaban J connectivity index is 2.55. The molecular formula is C9H11N3O3. The van der Waals surface area contributed by atoms with E-state index in [0.717, 1.165) is 0 Å². The lowest BCUT2D eigenvalue weighted by Crippen LogP contribution is -2.20. The van der Waals surface area contributed by atoms with Gasteiger partial charge in [0.15, 0.2) is 18.2 Å². The molecule has 0 atom stereocenters. The van der Waals surface area contributed by atoms with E-state index in [-0.39, 0.29) is 18.1 Å². The van der Waals surface area contributed by atoms with Crippen LogP contribution in [-0.4, -0.2) is 20.3 Å². The first kappa shape index (κ1) is 9.82. The number of ketones is 1. The van der Waals surface area contributed by atoms with Crippen LogP contribution in [-0.2, 0) is 24.2 Å². The van der Waals surface area contributed by atoms with Crippen LogP contribution in [0.5, 0.6) is 0 Å². The van der Waals surface area contributed by atoms with Crippen LogP contribution in [0.15, 0.2) is 0 Å². The highest BCUT2D eigenvalue weighted by molar-refractivity contribution is 5.79. The lowest BCUT2D eigenvalue weighted by molar-refractivity contribution is -0.392. The van der Waals surface area contributed by atoms with Crippen LogP contribution in [0.1, 0.15) is 24.9 Å². The van der Waals surface area contributed by atoms with E-state index in [1.807, 2.05) is 6.92 Å². The van der Waals surface area contributed by atoms with E-state index in [2.05, 4.69) is 4.98 Å². The lowest BCUT2D eigenvalue weighted by Gasteiger charge is -2.08. The molecule has 1 aromatic heterocycles. The standard InChI is InChI=1S/C9H11N3O3/c1-2-7-9(12(14)15)11-5-6(13)3-4-8(11)10-7/h2-5H2,1H3. The third kappa shape index (κ3) is 1.51. The van der Waals surface area contributed by atoms with Crippen LogP contribution >= 0.6 is 0 Å². The fourth-order valence-corrected chi connectivity index (χ4v) is 1.85. The van der Waals surface area contributed by atoms with Crippen LogP contribution in [0.2, 0.25) is 0 Å². The minimum absolute atomic E-state index is 0.0134. The second-order valence-electron chi connectivity index (χ2n) is 3.53. The molecule has 2 heterocycles. The molecule has 0 aliphatic carbocycles. The summed E-state index contributed by atoms with van der Waals surface area (Å²) in [5.74, 6) is 0.685. The molecule has 0 radical (unpaired) electrons. The molecule has 0 aromatic carbocycles. The summed E-state index contributed by atoms with van der Waals surface area (Å²) in [7, 11) is 0. The van der Waals surface area contributed by atoms with Crippen molar-refractivity contribution in [3.63, 3.8) is 0 Å². The van der Waals surface area contributed by atoms with Gasteiger partial charge in [0, 0.05) is 12.8 Å². The molecule has 0 bridgehead atoms. The largest absolute Gasteiger partial charge is 0.358 e. The Hall–Kier alpha value is -1.72. The zero-order valence-corrected chi connectivity index (χ0v) is 8.39. The smallest absolute Gasteiger partial charge is 0.346 e. The van der Waals surface area contributed by atoms with Gasteiger partial charge in [-0.25, -0.2) is 9.55 Å². The van der Waals surface area contributed by atoms with Gasteiger partial charge >= 0.3 is 5.82 Å². The number of imidazole rings is 1. The van der Waals surface area contributed by atoms with Crippen LogP contribution in [0, 0.1) is 10.1 Å². The van der Waals surface area contributed by atoms with E-state index in [9.17, 15) is 14.9 Å². The average molecular weight is 209 g/mol. The van der Waals surface area contributed by atoms with E-state index in [1.54, 1.807) is 0 Å². The quantitative estimate of drug-likeness (QED) is 0.534. The number of aryl methyl sites for hydroxylation is 2. The van der Waals surface area contributed by atoms with E-state index in [0.29, 0.717) is 30.8 Å². The third-order valence-electron chi connectivity index (χ3n) is 2.56. The molecule has 1 aromatic rings. The van der Waals surface area contributed by atoms with Crippen molar-refractivity contribution in [2.75, 3.05) is 0 Å². The van der Waals surface area contributed by atoms with E-state index in [1.165, 1.54) is 4.57 Å². The van der Waals surface area contributed by atoms with Crippen molar-refractivity contribution in [3.8, 4) is 0 Å². The van der Waals surface area contributed by atoms with Crippen LogP contribution in [0.3, 0.4) is 0 Å². The molecule has 15 heavy (non-hydrogen) atoms. The summed E-state index contributed by atoms with van der Waals surface area (Å²) >= 11 is 0. The molecule has 6 nitrogen and oxygen atoms in total. The fourth-order valence-electron chi connectivity index (χ4n) is 1.85. The van der Waals surface area contributed by atoms with Crippen molar-refractivity contribution in [3.05, 3.63) is 21.6 Å². The van der Waals surface area contributed by atoms with Gasteiger partial charge in [0.1, 0.15) is 5.69 Å². The molecule has 0 fully saturated rings. The Kier molecular flexibility index (Phi) is 2.26. The maximum absolute atomic E-state index is 11.2. The SMILES string of the molecule is CCc1nc2n(c1[N+](=O)[O-])CC(=O)CC2. The Bertz CT molecular complexity index is 436. The summed E-state index contributed by atoms with van der Waals surface area (Å²) in [5, 5.41) is 10.9. The van der Waals surface area contributed by atoms with Gasteiger partial charge in [0.05, 0.1) is 0 Å².